The summed E-state index contributed by atoms with van der Waals surface area (Å²) in [5.74, 6) is 1.54. The molecule has 0 aliphatic rings. The minimum atomic E-state index is -3.97. The van der Waals surface area contributed by atoms with Gasteiger partial charge in [-0.05, 0) is 54.4 Å². The monoisotopic (exact) mass is 498 g/mol. The van der Waals surface area contributed by atoms with E-state index in [4.69, 9.17) is 25.8 Å². The third-order valence-electron chi connectivity index (χ3n) is 5.27. The van der Waals surface area contributed by atoms with Gasteiger partial charge in [0.05, 0.1) is 24.6 Å². The van der Waals surface area contributed by atoms with Crippen LogP contribution in [0.4, 0.5) is 5.82 Å². The van der Waals surface area contributed by atoms with E-state index >= 15 is 0 Å². The molecule has 0 bridgehead atoms. The Labute approximate surface area is 203 Å². The summed E-state index contributed by atoms with van der Waals surface area (Å²) in [6.45, 7) is 1.81. The zero-order valence-electron chi connectivity index (χ0n) is 18.8. The third kappa shape index (κ3) is 4.88. The van der Waals surface area contributed by atoms with E-state index in [2.05, 4.69) is 9.71 Å². The lowest BCUT2D eigenvalue weighted by Gasteiger charge is -2.16. The number of benzene rings is 3. The molecule has 0 fully saturated rings. The lowest BCUT2D eigenvalue weighted by molar-refractivity contribution is 0.305. The molecule has 0 unspecified atom stereocenters. The van der Waals surface area contributed by atoms with Gasteiger partial charge in [0.2, 0.25) is 0 Å². The molecule has 0 atom stereocenters. The minimum Gasteiger partial charge on any atom is -0.493 e. The minimum absolute atomic E-state index is 0.0702. The molecule has 4 aromatic rings. The van der Waals surface area contributed by atoms with Gasteiger partial charge in [0, 0.05) is 10.4 Å². The number of fused-ring (bicyclic) bond motifs is 1. The second kappa shape index (κ2) is 9.79. The number of rotatable bonds is 8. The molecular weight excluding hydrogens is 476 g/mol. The number of anilines is 1. The maximum atomic E-state index is 13.2. The van der Waals surface area contributed by atoms with E-state index in [9.17, 15) is 8.42 Å². The van der Waals surface area contributed by atoms with E-state index in [-0.39, 0.29) is 23.1 Å². The van der Waals surface area contributed by atoms with Crippen molar-refractivity contribution in [1.29, 1.82) is 0 Å². The number of para-hydroxylation sites is 1. The van der Waals surface area contributed by atoms with Crippen LogP contribution in [-0.4, -0.2) is 27.6 Å². The summed E-state index contributed by atoms with van der Waals surface area (Å²) in [7, 11) is -0.853. The van der Waals surface area contributed by atoms with Crippen LogP contribution in [0, 0.1) is 6.92 Å². The van der Waals surface area contributed by atoms with Gasteiger partial charge in [-0.2, -0.15) is 0 Å². The molecule has 0 spiro atoms. The molecule has 176 valence electrons. The van der Waals surface area contributed by atoms with Crippen LogP contribution in [0.15, 0.2) is 71.6 Å². The number of methoxy groups -OCH3 is 2. The molecule has 0 amide bonds. The summed E-state index contributed by atoms with van der Waals surface area (Å²) < 4.78 is 45.6. The van der Waals surface area contributed by atoms with Gasteiger partial charge < -0.3 is 14.2 Å². The smallest absolute Gasteiger partial charge is 0.263 e. The highest BCUT2D eigenvalue weighted by Gasteiger charge is 2.21. The quantitative estimate of drug-likeness (QED) is 0.340. The van der Waals surface area contributed by atoms with E-state index < -0.39 is 10.0 Å². The third-order valence-corrected chi connectivity index (χ3v) is 7.16. The average Bonchev–Trinajstić information content (AvgIpc) is 2.83. The van der Waals surface area contributed by atoms with Gasteiger partial charge in [0.1, 0.15) is 6.61 Å². The molecule has 4 rings (SSSR count). The van der Waals surface area contributed by atoms with Gasteiger partial charge in [-0.25, -0.2) is 13.4 Å². The number of hydrogen-bond donors (Lipinski definition) is 1. The summed E-state index contributed by atoms with van der Waals surface area (Å²) in [6.07, 6.45) is 0. The predicted octanol–water partition coefficient (Wildman–Crippen LogP) is 5.59. The Hall–Kier alpha value is -3.49. The van der Waals surface area contributed by atoms with Crippen molar-refractivity contribution in [2.75, 3.05) is 18.9 Å². The van der Waals surface area contributed by atoms with Crippen LogP contribution in [0.25, 0.3) is 10.9 Å². The molecule has 34 heavy (non-hydrogen) atoms. The van der Waals surface area contributed by atoms with Gasteiger partial charge in [-0.1, -0.05) is 41.9 Å². The molecule has 0 aliphatic carbocycles. The molecule has 0 aliphatic heterocycles. The van der Waals surface area contributed by atoms with Crippen molar-refractivity contribution in [2.24, 2.45) is 0 Å². The van der Waals surface area contributed by atoms with E-state index in [0.29, 0.717) is 27.6 Å². The first-order valence-electron chi connectivity index (χ1n) is 10.3. The number of nitrogens with one attached hydrogen (secondary N) is 1. The van der Waals surface area contributed by atoms with Gasteiger partial charge >= 0.3 is 0 Å². The van der Waals surface area contributed by atoms with E-state index in [0.717, 1.165) is 10.9 Å². The highest BCUT2D eigenvalue weighted by Crippen LogP contribution is 2.33. The molecule has 1 heterocycles. The first-order valence-corrected chi connectivity index (χ1v) is 12.2. The van der Waals surface area contributed by atoms with Crippen molar-refractivity contribution in [3.05, 3.63) is 82.9 Å². The van der Waals surface area contributed by atoms with Crippen LogP contribution < -0.4 is 18.9 Å². The van der Waals surface area contributed by atoms with Gasteiger partial charge in [-0.3, -0.25) is 4.72 Å². The van der Waals surface area contributed by atoms with Crippen molar-refractivity contribution in [3.8, 4) is 17.2 Å². The van der Waals surface area contributed by atoms with Gasteiger partial charge in [0.25, 0.3) is 10.0 Å². The number of aromatic nitrogens is 1. The Morgan fingerprint density at radius 3 is 2.44 bits per heavy atom. The Balaban J connectivity index is 1.70. The van der Waals surface area contributed by atoms with E-state index in [1.807, 2.05) is 24.3 Å². The maximum absolute atomic E-state index is 13.2. The molecule has 0 saturated heterocycles. The molecule has 1 aromatic heterocycles. The van der Waals surface area contributed by atoms with Crippen LogP contribution in [0.1, 0.15) is 11.1 Å². The molecule has 0 saturated carbocycles. The first kappa shape index (κ1) is 23.7. The normalized spacial score (nSPS) is 11.3. The molecule has 3 aromatic carbocycles. The lowest BCUT2D eigenvalue weighted by atomic mass is 10.2. The van der Waals surface area contributed by atoms with Crippen LogP contribution in [0.5, 0.6) is 17.2 Å². The maximum Gasteiger partial charge on any atom is 0.263 e. The number of halogens is 1. The molecule has 0 radical (unpaired) electrons. The highest BCUT2D eigenvalue weighted by molar-refractivity contribution is 7.92. The number of pyridine rings is 1. The molecule has 9 heteroatoms. The Kier molecular flexibility index (Phi) is 6.81. The Morgan fingerprint density at radius 2 is 1.68 bits per heavy atom. The Morgan fingerprint density at radius 1 is 0.912 bits per heavy atom. The van der Waals surface area contributed by atoms with Crippen molar-refractivity contribution in [2.45, 2.75) is 18.4 Å². The van der Waals surface area contributed by atoms with Crippen LogP contribution >= 0.6 is 11.6 Å². The zero-order valence-corrected chi connectivity index (χ0v) is 20.4. The summed E-state index contributed by atoms with van der Waals surface area (Å²) >= 11 is 6.14. The fourth-order valence-corrected chi connectivity index (χ4v) is 4.98. The summed E-state index contributed by atoms with van der Waals surface area (Å²) in [6, 6.07) is 19.3. The lowest BCUT2D eigenvalue weighted by Crippen LogP contribution is -2.16. The zero-order chi connectivity index (χ0) is 24.3. The van der Waals surface area contributed by atoms with Crippen molar-refractivity contribution in [3.63, 3.8) is 0 Å². The van der Waals surface area contributed by atoms with E-state index in [1.54, 1.807) is 57.5 Å². The van der Waals surface area contributed by atoms with Crippen LogP contribution in [-0.2, 0) is 16.6 Å². The molecule has 1 N–H and O–H groups in total. The Bertz CT molecular complexity index is 1460. The van der Waals surface area contributed by atoms with Crippen LogP contribution in [0.3, 0.4) is 0 Å². The number of hydrogen-bond acceptors (Lipinski definition) is 6. The second-order valence-electron chi connectivity index (χ2n) is 7.47. The highest BCUT2D eigenvalue weighted by atomic mass is 35.5. The second-order valence-corrected chi connectivity index (χ2v) is 9.53. The van der Waals surface area contributed by atoms with Crippen molar-refractivity contribution in [1.82, 2.24) is 4.98 Å². The number of nitrogens with zero attached hydrogens (tertiary/aromatic N) is 1. The number of ether oxygens (including phenoxy) is 3. The average molecular weight is 499 g/mol. The summed E-state index contributed by atoms with van der Waals surface area (Å²) in [5, 5.41) is 1.17. The molecule has 7 nitrogen and oxygen atoms in total. The standard InChI is InChI=1S/C25H23ClN2O5S/c1-16-19(26)8-6-10-24(16)34(29,30)28-25-23(14-18-7-4-5-9-20(18)27-25)33-15-17-11-12-21(31-2)22(13-17)32-3/h4-14H,15H2,1-3H3,(H,27,28). The van der Waals surface area contributed by atoms with Gasteiger partial charge in [-0.15, -0.1) is 0 Å². The summed E-state index contributed by atoms with van der Waals surface area (Å²) in [5.41, 5.74) is 1.89. The largest absolute Gasteiger partial charge is 0.493 e. The van der Waals surface area contributed by atoms with Crippen molar-refractivity contribution >= 4 is 38.3 Å². The number of sulfonamides is 1. The fraction of sp³-hybridized carbons (Fsp3) is 0.160. The first-order chi connectivity index (χ1) is 16.3. The van der Waals surface area contributed by atoms with E-state index in [1.165, 1.54) is 6.07 Å². The predicted molar refractivity (Wildman–Crippen MR) is 133 cm³/mol. The van der Waals surface area contributed by atoms with Crippen LogP contribution in [0.2, 0.25) is 5.02 Å². The van der Waals surface area contributed by atoms with Gasteiger partial charge in [0.15, 0.2) is 23.1 Å². The molecular formula is C25H23ClN2O5S. The fourth-order valence-electron chi connectivity index (χ4n) is 3.47. The SMILES string of the molecule is COc1ccc(COc2cc3ccccc3nc2NS(=O)(=O)c2cccc(Cl)c2C)cc1OC. The summed E-state index contributed by atoms with van der Waals surface area (Å²) in [4.78, 5) is 4.59. The van der Waals surface area contributed by atoms with Crippen molar-refractivity contribution < 1.29 is 22.6 Å². The topological polar surface area (TPSA) is 86.8 Å².